The number of benzene rings is 3. The van der Waals surface area contributed by atoms with Gasteiger partial charge >= 0.3 is 0 Å². The van der Waals surface area contributed by atoms with Crippen LogP contribution in [0.4, 0.5) is 0 Å². The van der Waals surface area contributed by atoms with Crippen molar-refractivity contribution in [1.29, 1.82) is 0 Å². The molecule has 0 radical (unpaired) electrons. The van der Waals surface area contributed by atoms with Gasteiger partial charge in [-0.3, -0.25) is 4.79 Å². The van der Waals surface area contributed by atoms with Crippen LogP contribution >= 0.6 is 0 Å². The van der Waals surface area contributed by atoms with Crippen molar-refractivity contribution >= 4 is 29.8 Å². The lowest BCUT2D eigenvalue weighted by molar-refractivity contribution is 0.104. The molecular formula is C21H20O2Si. The van der Waals surface area contributed by atoms with Crippen molar-refractivity contribution in [3.05, 3.63) is 59.7 Å². The fourth-order valence-electron chi connectivity index (χ4n) is 3.86. The third-order valence-corrected chi connectivity index (χ3v) is 6.82. The Bertz CT molecular complexity index is 997. The predicted molar refractivity (Wildman–Crippen MR) is 102 cm³/mol. The maximum Gasteiger partial charge on any atom is 0.194 e. The topological polar surface area (TPSA) is 26.3 Å². The van der Waals surface area contributed by atoms with Crippen LogP contribution in [0.25, 0.3) is 21.9 Å². The molecule has 3 aromatic carbocycles. The number of fused-ring (bicyclic) bond motifs is 4. The quantitative estimate of drug-likeness (QED) is 0.501. The van der Waals surface area contributed by atoms with Crippen molar-refractivity contribution in [2.24, 2.45) is 0 Å². The van der Waals surface area contributed by atoms with Crippen LogP contribution < -0.4 is 9.92 Å². The van der Waals surface area contributed by atoms with Gasteiger partial charge in [-0.15, -0.1) is 0 Å². The van der Waals surface area contributed by atoms with Crippen molar-refractivity contribution < 1.29 is 9.53 Å². The summed E-state index contributed by atoms with van der Waals surface area (Å²) in [7, 11) is -0.00896. The summed E-state index contributed by atoms with van der Waals surface area (Å²) in [5.74, 6) is 0.964. The molecule has 3 heteroatoms. The standard InChI is InChI=1S/C21H20O2Si/c1-23-18-11-7-10-15-16(18)12-17-19(21(15)24(2,3)4)13-8-5-6-9-14(13)20(17)22/h5-12H,1-4H3. The predicted octanol–water partition coefficient (Wildman–Crippen LogP) is 4.61. The van der Waals surface area contributed by atoms with E-state index in [1.807, 2.05) is 36.4 Å². The van der Waals surface area contributed by atoms with E-state index in [1.54, 1.807) is 7.11 Å². The number of hydrogen-bond acceptors (Lipinski definition) is 2. The Hall–Kier alpha value is -2.39. The van der Waals surface area contributed by atoms with Gasteiger partial charge in [0, 0.05) is 16.5 Å². The molecule has 24 heavy (non-hydrogen) atoms. The van der Waals surface area contributed by atoms with E-state index in [-0.39, 0.29) is 5.78 Å². The maximum absolute atomic E-state index is 13.0. The van der Waals surface area contributed by atoms with E-state index in [9.17, 15) is 4.79 Å². The van der Waals surface area contributed by atoms with Gasteiger partial charge in [0.2, 0.25) is 0 Å². The van der Waals surface area contributed by atoms with Gasteiger partial charge in [-0.1, -0.05) is 56.0 Å². The van der Waals surface area contributed by atoms with Gasteiger partial charge in [0.15, 0.2) is 5.78 Å². The van der Waals surface area contributed by atoms with Gasteiger partial charge in [-0.05, 0) is 33.8 Å². The van der Waals surface area contributed by atoms with Crippen LogP contribution in [-0.4, -0.2) is 21.0 Å². The molecule has 1 aliphatic rings. The summed E-state index contributed by atoms with van der Waals surface area (Å²) >= 11 is 0. The van der Waals surface area contributed by atoms with Crippen LogP contribution in [0.15, 0.2) is 48.5 Å². The van der Waals surface area contributed by atoms with Crippen LogP contribution in [0.3, 0.4) is 0 Å². The second-order valence-electron chi connectivity index (χ2n) is 7.35. The Morgan fingerprint density at radius 3 is 2.21 bits per heavy atom. The molecule has 1 aliphatic carbocycles. The molecule has 0 spiro atoms. The van der Waals surface area contributed by atoms with E-state index in [2.05, 4.69) is 31.8 Å². The lowest BCUT2D eigenvalue weighted by Crippen LogP contribution is -2.40. The summed E-state index contributed by atoms with van der Waals surface area (Å²) in [6.45, 7) is 7.02. The van der Waals surface area contributed by atoms with E-state index in [0.29, 0.717) is 0 Å². The molecular weight excluding hydrogens is 312 g/mol. The first-order valence-corrected chi connectivity index (χ1v) is 11.7. The van der Waals surface area contributed by atoms with E-state index in [0.717, 1.165) is 33.4 Å². The molecule has 3 aromatic rings. The average molecular weight is 332 g/mol. The molecule has 2 nitrogen and oxygen atoms in total. The van der Waals surface area contributed by atoms with Crippen molar-refractivity contribution in [3.8, 4) is 16.9 Å². The van der Waals surface area contributed by atoms with Gasteiger partial charge in [0.05, 0.1) is 15.2 Å². The number of rotatable bonds is 2. The summed E-state index contributed by atoms with van der Waals surface area (Å²) in [6, 6.07) is 16.2. The van der Waals surface area contributed by atoms with Gasteiger partial charge < -0.3 is 4.74 Å². The van der Waals surface area contributed by atoms with Crippen molar-refractivity contribution in [2.75, 3.05) is 7.11 Å². The SMILES string of the molecule is COc1cccc2c([Si](C)(C)C)c3c(cc12)C(=O)c1ccccc1-3. The molecule has 0 fully saturated rings. The third kappa shape index (κ3) is 1.98. The first-order valence-electron chi connectivity index (χ1n) is 8.22. The van der Waals surface area contributed by atoms with Crippen LogP contribution in [0.5, 0.6) is 5.75 Å². The van der Waals surface area contributed by atoms with Crippen molar-refractivity contribution in [3.63, 3.8) is 0 Å². The second-order valence-corrected chi connectivity index (χ2v) is 12.4. The normalized spacial score (nSPS) is 13.1. The molecule has 0 aliphatic heterocycles. The van der Waals surface area contributed by atoms with Gasteiger partial charge in [0.1, 0.15) is 5.75 Å². The molecule has 0 heterocycles. The molecule has 0 bridgehead atoms. The molecule has 0 atom stereocenters. The summed E-state index contributed by atoms with van der Waals surface area (Å²) in [5, 5.41) is 3.61. The van der Waals surface area contributed by atoms with Crippen molar-refractivity contribution in [2.45, 2.75) is 19.6 Å². The highest BCUT2D eigenvalue weighted by Crippen LogP contribution is 2.40. The first kappa shape index (κ1) is 15.2. The molecule has 0 amide bonds. The second kappa shape index (κ2) is 5.05. The van der Waals surface area contributed by atoms with Crippen LogP contribution in [0.2, 0.25) is 19.6 Å². The molecule has 120 valence electrons. The highest BCUT2D eigenvalue weighted by molar-refractivity contribution is 6.91. The number of hydrogen-bond donors (Lipinski definition) is 0. The number of carbonyl (C=O) groups excluding carboxylic acids is 1. The highest BCUT2D eigenvalue weighted by Gasteiger charge is 2.34. The molecule has 4 rings (SSSR count). The fraction of sp³-hybridized carbons (Fsp3) is 0.190. The maximum atomic E-state index is 13.0. The van der Waals surface area contributed by atoms with Crippen LogP contribution in [-0.2, 0) is 0 Å². The van der Waals surface area contributed by atoms with Gasteiger partial charge in [-0.2, -0.15) is 0 Å². The zero-order chi connectivity index (χ0) is 17.1. The Labute approximate surface area is 143 Å². The van der Waals surface area contributed by atoms with Crippen molar-refractivity contribution in [1.82, 2.24) is 0 Å². The monoisotopic (exact) mass is 332 g/mol. The number of carbonyl (C=O) groups is 1. The van der Waals surface area contributed by atoms with Gasteiger partial charge in [-0.25, -0.2) is 0 Å². The zero-order valence-corrected chi connectivity index (χ0v) is 15.4. The lowest BCUT2D eigenvalue weighted by atomic mass is 9.99. The Morgan fingerprint density at radius 1 is 0.833 bits per heavy atom. The number of methoxy groups -OCH3 is 1. The van der Waals surface area contributed by atoms with Crippen LogP contribution in [0, 0.1) is 0 Å². The Balaban J connectivity index is 2.24. The van der Waals surface area contributed by atoms with E-state index in [1.165, 1.54) is 10.6 Å². The number of ketones is 1. The summed E-state index contributed by atoms with van der Waals surface area (Å²) < 4.78 is 5.57. The van der Waals surface area contributed by atoms with E-state index in [4.69, 9.17) is 4.74 Å². The Morgan fingerprint density at radius 2 is 1.54 bits per heavy atom. The molecule has 0 N–H and O–H groups in total. The molecule has 0 saturated heterocycles. The summed E-state index contributed by atoms with van der Waals surface area (Å²) in [4.78, 5) is 13.0. The lowest BCUT2D eigenvalue weighted by Gasteiger charge is -2.24. The Kier molecular flexibility index (Phi) is 3.19. The minimum absolute atomic E-state index is 0.132. The number of ether oxygens (including phenoxy) is 1. The first-order chi connectivity index (χ1) is 11.4. The van der Waals surface area contributed by atoms with E-state index < -0.39 is 8.07 Å². The zero-order valence-electron chi connectivity index (χ0n) is 14.4. The fourth-order valence-corrected chi connectivity index (χ4v) is 5.90. The summed E-state index contributed by atoms with van der Waals surface area (Å²) in [6.07, 6.45) is 0. The minimum Gasteiger partial charge on any atom is -0.496 e. The summed E-state index contributed by atoms with van der Waals surface area (Å²) in [5.41, 5.74) is 3.88. The minimum atomic E-state index is -1.70. The smallest absolute Gasteiger partial charge is 0.194 e. The molecule has 0 saturated carbocycles. The highest BCUT2D eigenvalue weighted by atomic mass is 28.3. The average Bonchev–Trinajstić information content (AvgIpc) is 2.84. The van der Waals surface area contributed by atoms with Crippen LogP contribution in [0.1, 0.15) is 15.9 Å². The van der Waals surface area contributed by atoms with Gasteiger partial charge in [0.25, 0.3) is 0 Å². The largest absolute Gasteiger partial charge is 0.496 e. The molecule has 0 aromatic heterocycles. The molecule has 0 unspecified atom stereocenters. The third-order valence-electron chi connectivity index (χ3n) is 4.80. The van der Waals surface area contributed by atoms with E-state index >= 15 is 0 Å².